The number of hydrogen-bond acceptors (Lipinski definition) is 2. The smallest absolute Gasteiger partial charge is 0.125 e. The van der Waals surface area contributed by atoms with E-state index in [1.807, 2.05) is 6.20 Å². The molecule has 0 spiro atoms. The van der Waals surface area contributed by atoms with Gasteiger partial charge in [0.1, 0.15) is 5.82 Å². The van der Waals surface area contributed by atoms with Gasteiger partial charge in [0.05, 0.1) is 6.04 Å². The van der Waals surface area contributed by atoms with Crippen molar-refractivity contribution in [2.75, 3.05) is 7.05 Å². The number of aromatic nitrogens is 2. The van der Waals surface area contributed by atoms with Crippen LogP contribution in [0.3, 0.4) is 0 Å². The van der Waals surface area contributed by atoms with Gasteiger partial charge in [-0.1, -0.05) is 0 Å². The van der Waals surface area contributed by atoms with E-state index in [-0.39, 0.29) is 0 Å². The van der Waals surface area contributed by atoms with Crippen molar-refractivity contribution in [3.05, 3.63) is 18.2 Å². The van der Waals surface area contributed by atoms with Crippen LogP contribution in [0.1, 0.15) is 63.7 Å². The fraction of sp³-hybridized carbons (Fsp3) is 0.833. The van der Waals surface area contributed by atoms with E-state index in [4.69, 9.17) is 0 Å². The topological polar surface area (TPSA) is 29.9 Å². The Hall–Kier alpha value is -0.830. The maximum Gasteiger partial charge on any atom is 0.125 e. The number of aryl methyl sites for hydroxylation is 1. The summed E-state index contributed by atoms with van der Waals surface area (Å²) < 4.78 is 2.31. The van der Waals surface area contributed by atoms with Gasteiger partial charge in [0.15, 0.2) is 0 Å². The van der Waals surface area contributed by atoms with Crippen LogP contribution in [0.25, 0.3) is 0 Å². The fourth-order valence-electron chi connectivity index (χ4n) is 6.19. The van der Waals surface area contributed by atoms with E-state index in [0.29, 0.717) is 11.5 Å². The number of rotatable bonds is 5. The molecule has 0 aliphatic heterocycles. The molecule has 3 heteroatoms. The Morgan fingerprint density at radius 3 is 2.38 bits per heavy atom. The monoisotopic (exact) mass is 287 g/mol. The third-order valence-corrected chi connectivity index (χ3v) is 6.55. The molecule has 5 rings (SSSR count). The van der Waals surface area contributed by atoms with Crippen molar-refractivity contribution in [3.8, 4) is 0 Å². The lowest BCUT2D eigenvalue weighted by atomic mass is 9.48. The SMILES string of the molecule is CCn1ccnc1C(CC12CC3CC(CC(C3)C1)C2)NC. The van der Waals surface area contributed by atoms with E-state index in [9.17, 15) is 0 Å². The van der Waals surface area contributed by atoms with Crippen molar-refractivity contribution < 1.29 is 0 Å². The molecule has 0 amide bonds. The normalized spacial score (nSPS) is 38.9. The van der Waals surface area contributed by atoms with Gasteiger partial charge in [0.25, 0.3) is 0 Å². The fourth-order valence-corrected chi connectivity index (χ4v) is 6.19. The summed E-state index contributed by atoms with van der Waals surface area (Å²) in [6.45, 7) is 3.23. The van der Waals surface area contributed by atoms with E-state index < -0.39 is 0 Å². The van der Waals surface area contributed by atoms with Gasteiger partial charge in [0, 0.05) is 18.9 Å². The first-order valence-corrected chi connectivity index (χ1v) is 8.89. The van der Waals surface area contributed by atoms with Crippen molar-refractivity contribution in [1.82, 2.24) is 14.9 Å². The molecule has 0 aromatic carbocycles. The second-order valence-electron chi connectivity index (χ2n) is 8.03. The average Bonchev–Trinajstić information content (AvgIpc) is 2.91. The van der Waals surface area contributed by atoms with Gasteiger partial charge in [-0.25, -0.2) is 4.98 Å². The minimum atomic E-state index is 0.427. The second kappa shape index (κ2) is 5.12. The van der Waals surface area contributed by atoms with Crippen LogP contribution in [0.15, 0.2) is 12.4 Å². The molecule has 1 aromatic rings. The molecule has 0 saturated heterocycles. The van der Waals surface area contributed by atoms with Crippen molar-refractivity contribution in [2.24, 2.45) is 23.2 Å². The number of nitrogens with zero attached hydrogens (tertiary/aromatic N) is 2. The number of nitrogens with one attached hydrogen (secondary N) is 1. The lowest BCUT2D eigenvalue weighted by Crippen LogP contribution is -2.47. The average molecular weight is 287 g/mol. The first kappa shape index (κ1) is 13.8. The van der Waals surface area contributed by atoms with E-state index >= 15 is 0 Å². The van der Waals surface area contributed by atoms with Gasteiger partial charge in [-0.05, 0) is 82.1 Å². The zero-order valence-electron chi connectivity index (χ0n) is 13.5. The highest BCUT2D eigenvalue weighted by molar-refractivity contribution is 5.07. The quantitative estimate of drug-likeness (QED) is 0.893. The predicted octanol–water partition coefficient (Wildman–Crippen LogP) is 3.77. The van der Waals surface area contributed by atoms with Crippen molar-refractivity contribution in [2.45, 2.75) is 64.5 Å². The summed E-state index contributed by atoms with van der Waals surface area (Å²) in [6, 6.07) is 0.427. The molecule has 1 heterocycles. The molecule has 4 saturated carbocycles. The van der Waals surface area contributed by atoms with Crippen LogP contribution in [0.4, 0.5) is 0 Å². The van der Waals surface area contributed by atoms with Gasteiger partial charge in [-0.15, -0.1) is 0 Å². The number of imidazole rings is 1. The largest absolute Gasteiger partial charge is 0.334 e. The summed E-state index contributed by atoms with van der Waals surface area (Å²) in [5.74, 6) is 4.37. The van der Waals surface area contributed by atoms with E-state index in [1.165, 1.54) is 50.8 Å². The highest BCUT2D eigenvalue weighted by Crippen LogP contribution is 2.62. The first-order chi connectivity index (χ1) is 10.2. The molecule has 4 aliphatic carbocycles. The van der Waals surface area contributed by atoms with E-state index in [2.05, 4.69) is 35.0 Å². The van der Waals surface area contributed by atoms with Gasteiger partial charge in [-0.2, -0.15) is 0 Å². The van der Waals surface area contributed by atoms with Gasteiger partial charge in [0.2, 0.25) is 0 Å². The molecule has 1 N–H and O–H groups in total. The third-order valence-electron chi connectivity index (χ3n) is 6.55. The molecule has 4 fully saturated rings. The number of hydrogen-bond donors (Lipinski definition) is 1. The maximum atomic E-state index is 4.66. The highest BCUT2D eigenvalue weighted by atomic mass is 15.1. The van der Waals surface area contributed by atoms with Crippen LogP contribution >= 0.6 is 0 Å². The van der Waals surface area contributed by atoms with E-state index in [1.54, 1.807) is 0 Å². The summed E-state index contributed by atoms with van der Waals surface area (Å²) in [5.41, 5.74) is 0.618. The Bertz CT molecular complexity index is 469. The lowest BCUT2D eigenvalue weighted by Gasteiger charge is -2.57. The molecule has 1 atom stereocenters. The molecule has 1 aromatic heterocycles. The van der Waals surface area contributed by atoms with Crippen molar-refractivity contribution in [1.29, 1.82) is 0 Å². The summed E-state index contributed by atoms with van der Waals surface area (Å²) >= 11 is 0. The van der Waals surface area contributed by atoms with Crippen molar-refractivity contribution >= 4 is 0 Å². The standard InChI is InChI=1S/C18H29N3/c1-3-21-5-4-20-17(21)16(19-2)12-18-9-13-6-14(10-18)8-15(7-13)11-18/h4-5,13-16,19H,3,6-12H2,1-2H3. The third kappa shape index (κ3) is 2.34. The summed E-state index contributed by atoms with van der Waals surface area (Å²) in [6.07, 6.45) is 14.5. The minimum Gasteiger partial charge on any atom is -0.334 e. The van der Waals surface area contributed by atoms with Gasteiger partial charge >= 0.3 is 0 Å². The lowest BCUT2D eigenvalue weighted by molar-refractivity contribution is -0.0624. The van der Waals surface area contributed by atoms with Crippen LogP contribution in [0, 0.1) is 23.2 Å². The minimum absolute atomic E-state index is 0.427. The van der Waals surface area contributed by atoms with Crippen LogP contribution < -0.4 is 5.32 Å². The van der Waals surface area contributed by atoms with Crippen LogP contribution in [-0.2, 0) is 6.54 Å². The predicted molar refractivity (Wildman–Crippen MR) is 84.9 cm³/mol. The summed E-state index contributed by atoms with van der Waals surface area (Å²) in [5, 5.41) is 3.57. The highest BCUT2D eigenvalue weighted by Gasteiger charge is 2.51. The molecular weight excluding hydrogens is 258 g/mol. The molecule has 116 valence electrons. The van der Waals surface area contributed by atoms with Gasteiger partial charge < -0.3 is 9.88 Å². The molecular formula is C18H29N3. The zero-order chi connectivity index (χ0) is 14.4. The second-order valence-corrected chi connectivity index (χ2v) is 8.03. The summed E-state index contributed by atoms with van der Waals surface area (Å²) in [7, 11) is 2.11. The van der Waals surface area contributed by atoms with Crippen molar-refractivity contribution in [3.63, 3.8) is 0 Å². The van der Waals surface area contributed by atoms with E-state index in [0.717, 1.165) is 24.3 Å². The van der Waals surface area contributed by atoms with Crippen LogP contribution in [0.2, 0.25) is 0 Å². The van der Waals surface area contributed by atoms with Gasteiger partial charge in [-0.3, -0.25) is 0 Å². The Balaban J connectivity index is 1.56. The Morgan fingerprint density at radius 2 is 1.86 bits per heavy atom. The molecule has 4 bridgehead atoms. The molecule has 4 aliphatic rings. The van der Waals surface area contributed by atoms with Crippen LogP contribution in [0.5, 0.6) is 0 Å². The Kier molecular flexibility index (Phi) is 3.36. The van der Waals surface area contributed by atoms with Crippen LogP contribution in [-0.4, -0.2) is 16.6 Å². The zero-order valence-corrected chi connectivity index (χ0v) is 13.5. The Morgan fingerprint density at radius 1 is 1.24 bits per heavy atom. The summed E-state index contributed by atoms with van der Waals surface area (Å²) in [4.78, 5) is 4.66. The molecule has 0 radical (unpaired) electrons. The first-order valence-electron chi connectivity index (χ1n) is 8.89. The molecule has 3 nitrogen and oxygen atoms in total. The molecule has 21 heavy (non-hydrogen) atoms. The maximum absolute atomic E-state index is 4.66. The molecule has 1 unspecified atom stereocenters. The Labute approximate surface area is 128 Å².